The Morgan fingerprint density at radius 1 is 1.40 bits per heavy atom. The van der Waals surface area contributed by atoms with E-state index in [1.807, 2.05) is 22.0 Å². The van der Waals surface area contributed by atoms with E-state index in [0.717, 1.165) is 15.3 Å². The lowest BCUT2D eigenvalue weighted by Gasteiger charge is -2.36. The Bertz CT molecular complexity index is 841. The summed E-state index contributed by atoms with van der Waals surface area (Å²) in [6.45, 7) is 0.593. The van der Waals surface area contributed by atoms with Crippen molar-refractivity contribution in [2.45, 2.75) is 0 Å². The molecular formula is C12H9N3O3S2. The second kappa shape index (κ2) is 4.03. The van der Waals surface area contributed by atoms with E-state index in [4.69, 9.17) is 5.11 Å². The molecule has 0 saturated carbocycles. The summed E-state index contributed by atoms with van der Waals surface area (Å²) in [6.07, 6.45) is 1.93. The number of carboxylic acids is 1. The highest BCUT2D eigenvalue weighted by molar-refractivity contribution is 7.21. The lowest BCUT2D eigenvalue weighted by Crippen LogP contribution is -2.52. The molecule has 1 amide bonds. The third-order valence-corrected chi connectivity index (χ3v) is 5.23. The minimum atomic E-state index is -0.837. The van der Waals surface area contributed by atoms with Crippen molar-refractivity contribution in [1.29, 1.82) is 0 Å². The highest BCUT2D eigenvalue weighted by Crippen LogP contribution is 2.30. The van der Waals surface area contributed by atoms with E-state index in [1.54, 1.807) is 16.2 Å². The number of thiophene rings is 1. The average Bonchev–Trinajstić information content (AvgIpc) is 2.95. The van der Waals surface area contributed by atoms with Gasteiger partial charge in [0.2, 0.25) is 0 Å². The fourth-order valence-corrected chi connectivity index (χ4v) is 4.08. The molecule has 8 heteroatoms. The fourth-order valence-electron chi connectivity index (χ4n) is 2.31. The van der Waals surface area contributed by atoms with Gasteiger partial charge < -0.3 is 10.0 Å². The van der Waals surface area contributed by atoms with Crippen LogP contribution in [0.3, 0.4) is 0 Å². The van der Waals surface area contributed by atoms with Crippen LogP contribution in [0.1, 0.15) is 9.67 Å². The molecule has 1 saturated heterocycles. The van der Waals surface area contributed by atoms with Crippen molar-refractivity contribution in [3.8, 4) is 0 Å². The highest BCUT2D eigenvalue weighted by Gasteiger charge is 2.36. The second-order valence-corrected chi connectivity index (χ2v) is 6.62. The van der Waals surface area contributed by atoms with Crippen molar-refractivity contribution in [3.63, 3.8) is 0 Å². The normalized spacial score (nSPS) is 15.9. The summed E-state index contributed by atoms with van der Waals surface area (Å²) in [5.41, 5.74) is 0.935. The van der Waals surface area contributed by atoms with Gasteiger partial charge in [0.1, 0.15) is 4.83 Å². The molecule has 4 heterocycles. The number of aromatic nitrogens is 2. The number of carboxylic acid groups (broad SMARTS) is 1. The van der Waals surface area contributed by atoms with Gasteiger partial charge >= 0.3 is 5.97 Å². The predicted octanol–water partition coefficient (Wildman–Crippen LogP) is 1.77. The Morgan fingerprint density at radius 3 is 2.95 bits per heavy atom. The van der Waals surface area contributed by atoms with E-state index in [1.165, 1.54) is 11.3 Å². The first kappa shape index (κ1) is 11.9. The zero-order valence-electron chi connectivity index (χ0n) is 10.1. The summed E-state index contributed by atoms with van der Waals surface area (Å²) >= 11 is 2.91. The maximum Gasteiger partial charge on any atom is 0.310 e. The van der Waals surface area contributed by atoms with E-state index < -0.39 is 11.9 Å². The van der Waals surface area contributed by atoms with Gasteiger partial charge in [0.15, 0.2) is 4.96 Å². The van der Waals surface area contributed by atoms with Crippen molar-refractivity contribution in [3.05, 3.63) is 22.5 Å². The van der Waals surface area contributed by atoms with Crippen molar-refractivity contribution in [2.75, 3.05) is 13.1 Å². The zero-order chi connectivity index (χ0) is 13.9. The van der Waals surface area contributed by atoms with Crippen molar-refractivity contribution >= 4 is 49.9 Å². The molecule has 3 aromatic rings. The molecule has 1 fully saturated rings. The van der Waals surface area contributed by atoms with Crippen LogP contribution in [-0.2, 0) is 4.79 Å². The summed E-state index contributed by atoms with van der Waals surface area (Å²) in [6, 6.07) is 1.84. The summed E-state index contributed by atoms with van der Waals surface area (Å²) < 4.78 is 1.96. The number of hydrogen-bond acceptors (Lipinski definition) is 5. The molecule has 0 spiro atoms. The lowest BCUT2D eigenvalue weighted by molar-refractivity contribution is -0.146. The third-order valence-electron chi connectivity index (χ3n) is 3.47. The number of amides is 1. The van der Waals surface area contributed by atoms with Crippen LogP contribution in [0.25, 0.3) is 15.3 Å². The maximum atomic E-state index is 12.2. The number of carbonyl (C=O) groups is 2. The van der Waals surface area contributed by atoms with Crippen LogP contribution < -0.4 is 0 Å². The van der Waals surface area contributed by atoms with Gasteiger partial charge in [-0.3, -0.25) is 14.0 Å². The SMILES string of the molecule is O=C(O)C1CN(C(=O)c2cc3c(nc4sccn43)s2)C1. The first-order valence-electron chi connectivity index (χ1n) is 6.00. The first-order chi connectivity index (χ1) is 9.63. The Balaban J connectivity index is 1.63. The van der Waals surface area contributed by atoms with Crippen molar-refractivity contribution in [1.82, 2.24) is 14.3 Å². The molecule has 6 nitrogen and oxygen atoms in total. The zero-order valence-corrected chi connectivity index (χ0v) is 11.8. The number of rotatable bonds is 2. The molecule has 0 bridgehead atoms. The highest BCUT2D eigenvalue weighted by atomic mass is 32.1. The number of likely N-dealkylation sites (tertiary alicyclic amines) is 1. The third kappa shape index (κ3) is 1.58. The molecule has 102 valence electrons. The predicted molar refractivity (Wildman–Crippen MR) is 75.5 cm³/mol. The van der Waals surface area contributed by atoms with Crippen molar-refractivity contribution < 1.29 is 14.7 Å². The molecule has 3 aromatic heterocycles. The molecular weight excluding hydrogens is 298 g/mol. The number of carbonyl (C=O) groups excluding carboxylic acids is 1. The molecule has 0 unspecified atom stereocenters. The number of thiazole rings is 1. The van der Waals surface area contributed by atoms with Gasteiger partial charge in [0.25, 0.3) is 5.91 Å². The van der Waals surface area contributed by atoms with Gasteiger partial charge in [0, 0.05) is 24.7 Å². The molecule has 4 rings (SSSR count). The van der Waals surface area contributed by atoms with Crippen LogP contribution >= 0.6 is 22.7 Å². The van der Waals surface area contributed by atoms with Gasteiger partial charge in [-0.05, 0) is 6.07 Å². The van der Waals surface area contributed by atoms with E-state index in [2.05, 4.69) is 4.98 Å². The van der Waals surface area contributed by atoms with Gasteiger partial charge in [-0.1, -0.05) is 0 Å². The van der Waals surface area contributed by atoms with E-state index >= 15 is 0 Å². The molecule has 0 atom stereocenters. The maximum absolute atomic E-state index is 12.2. The topological polar surface area (TPSA) is 74.9 Å². The van der Waals surface area contributed by atoms with E-state index in [9.17, 15) is 9.59 Å². The number of nitrogens with zero attached hydrogens (tertiary/aromatic N) is 3. The second-order valence-electron chi connectivity index (χ2n) is 4.71. The molecule has 0 aliphatic carbocycles. The summed E-state index contributed by atoms with van der Waals surface area (Å²) in [4.78, 5) is 31.4. The van der Waals surface area contributed by atoms with E-state index in [0.29, 0.717) is 18.0 Å². The smallest absolute Gasteiger partial charge is 0.310 e. The standard InChI is InChI=1S/C12H9N3O3S2/c16-10(14-4-6(5-14)11(17)18)8-3-7-9(20-8)13-12-15(7)1-2-19-12/h1-3,6H,4-5H2,(H,17,18). The number of imidazole rings is 1. The molecule has 20 heavy (non-hydrogen) atoms. The van der Waals surface area contributed by atoms with E-state index in [-0.39, 0.29) is 5.91 Å². The Kier molecular flexibility index (Phi) is 2.39. The quantitative estimate of drug-likeness (QED) is 0.783. The molecule has 1 aliphatic heterocycles. The first-order valence-corrected chi connectivity index (χ1v) is 7.70. The van der Waals surface area contributed by atoms with Crippen LogP contribution in [0.5, 0.6) is 0 Å². The van der Waals surface area contributed by atoms with Gasteiger partial charge in [-0.25, -0.2) is 4.98 Å². The van der Waals surface area contributed by atoms with Crippen LogP contribution in [0.15, 0.2) is 17.6 Å². The Morgan fingerprint density at radius 2 is 2.20 bits per heavy atom. The lowest BCUT2D eigenvalue weighted by atomic mass is 10.0. The summed E-state index contributed by atoms with van der Waals surface area (Å²) in [7, 11) is 0. The van der Waals surface area contributed by atoms with Crippen molar-refractivity contribution in [2.24, 2.45) is 5.92 Å². The summed E-state index contributed by atoms with van der Waals surface area (Å²) in [5.74, 6) is -1.36. The summed E-state index contributed by atoms with van der Waals surface area (Å²) in [5, 5.41) is 10.8. The molecule has 1 N–H and O–H groups in total. The van der Waals surface area contributed by atoms with Crippen LogP contribution in [0.4, 0.5) is 0 Å². The Labute approximate surface area is 120 Å². The van der Waals surface area contributed by atoms with Gasteiger partial charge in [0.05, 0.1) is 16.3 Å². The molecule has 0 radical (unpaired) electrons. The number of fused-ring (bicyclic) bond motifs is 3. The van der Waals surface area contributed by atoms with Crippen LogP contribution in [-0.4, -0.2) is 44.4 Å². The van der Waals surface area contributed by atoms with Crippen LogP contribution in [0, 0.1) is 5.92 Å². The number of hydrogen-bond donors (Lipinski definition) is 1. The molecule has 0 aromatic carbocycles. The average molecular weight is 307 g/mol. The minimum Gasteiger partial charge on any atom is -0.481 e. The number of aliphatic carboxylic acids is 1. The molecule has 1 aliphatic rings. The van der Waals surface area contributed by atoms with Gasteiger partial charge in [-0.15, -0.1) is 22.7 Å². The van der Waals surface area contributed by atoms with Gasteiger partial charge in [-0.2, -0.15) is 0 Å². The largest absolute Gasteiger partial charge is 0.481 e. The fraction of sp³-hybridized carbons (Fsp3) is 0.250. The van der Waals surface area contributed by atoms with Crippen LogP contribution in [0.2, 0.25) is 0 Å². The minimum absolute atomic E-state index is 0.102. The Hall–Kier alpha value is -1.93. The monoisotopic (exact) mass is 307 g/mol.